The van der Waals surface area contributed by atoms with Gasteiger partial charge in [-0.15, -0.1) is 11.3 Å². The summed E-state index contributed by atoms with van der Waals surface area (Å²) in [6.45, 7) is 1.60. The summed E-state index contributed by atoms with van der Waals surface area (Å²) in [4.78, 5) is 0.768. The second-order valence-corrected chi connectivity index (χ2v) is 11.3. The molecule has 0 saturated heterocycles. The monoisotopic (exact) mass is 451 g/mol. The molecule has 2 aromatic carbocycles. The van der Waals surface area contributed by atoms with Crippen molar-refractivity contribution >= 4 is 31.2 Å². The van der Waals surface area contributed by atoms with Gasteiger partial charge in [0.05, 0.1) is 16.9 Å². The molecular weight excluding hydrogens is 430 g/mol. The summed E-state index contributed by atoms with van der Waals surface area (Å²) in [5, 5.41) is 0.739. The lowest BCUT2D eigenvalue weighted by Gasteiger charge is -2.18. The average Bonchev–Trinajstić information content (AvgIpc) is 3.22. The van der Waals surface area contributed by atoms with Gasteiger partial charge in [-0.1, -0.05) is 23.8 Å². The Morgan fingerprint density at radius 2 is 1.55 bits per heavy atom. The number of hydrogen-bond donors (Lipinski definition) is 1. The molecule has 0 radical (unpaired) electrons. The van der Waals surface area contributed by atoms with Crippen LogP contribution in [0.25, 0.3) is 0 Å². The van der Waals surface area contributed by atoms with Crippen LogP contribution in [0.5, 0.6) is 5.75 Å². The van der Waals surface area contributed by atoms with Gasteiger partial charge in [0.1, 0.15) is 11.0 Å². The molecule has 0 bridgehead atoms. The topological polar surface area (TPSA) is 89.5 Å². The molecule has 0 aliphatic rings. The molecule has 6 nitrogen and oxygen atoms in total. The molecule has 3 rings (SSSR count). The summed E-state index contributed by atoms with van der Waals surface area (Å²) in [5.74, 6) is 0.530. The van der Waals surface area contributed by atoms with Crippen LogP contribution >= 0.6 is 11.3 Å². The highest BCUT2D eigenvalue weighted by molar-refractivity contribution is 7.92. The number of sulfone groups is 1. The summed E-state index contributed by atoms with van der Waals surface area (Å²) < 4.78 is 59.3. The van der Waals surface area contributed by atoms with Crippen molar-refractivity contribution in [2.24, 2.45) is 0 Å². The highest BCUT2D eigenvalue weighted by Gasteiger charge is 2.31. The van der Waals surface area contributed by atoms with E-state index in [0.29, 0.717) is 10.6 Å². The molecule has 1 heterocycles. The Bertz CT molecular complexity index is 1150. The number of benzene rings is 2. The summed E-state index contributed by atoms with van der Waals surface area (Å²) in [5.41, 5.74) is 0.942. The van der Waals surface area contributed by atoms with Crippen LogP contribution in [0.4, 0.5) is 0 Å². The van der Waals surface area contributed by atoms with Crippen LogP contribution in [0.2, 0.25) is 0 Å². The minimum absolute atomic E-state index is 0.0379. The van der Waals surface area contributed by atoms with E-state index < -0.39 is 25.1 Å². The van der Waals surface area contributed by atoms with Crippen molar-refractivity contribution in [2.75, 3.05) is 13.7 Å². The first-order valence-electron chi connectivity index (χ1n) is 8.72. The van der Waals surface area contributed by atoms with E-state index in [1.807, 2.05) is 6.92 Å². The fourth-order valence-electron chi connectivity index (χ4n) is 2.75. The van der Waals surface area contributed by atoms with Gasteiger partial charge in [0.25, 0.3) is 0 Å². The Morgan fingerprint density at radius 3 is 2.10 bits per heavy atom. The van der Waals surface area contributed by atoms with Gasteiger partial charge in [-0.25, -0.2) is 21.6 Å². The molecule has 154 valence electrons. The third-order valence-electron chi connectivity index (χ3n) is 4.41. The molecule has 1 aromatic heterocycles. The molecular formula is C20H21NO5S3. The fourth-order valence-corrected chi connectivity index (χ4v) is 6.69. The highest BCUT2D eigenvalue weighted by Crippen LogP contribution is 2.32. The largest absolute Gasteiger partial charge is 0.497 e. The Kier molecular flexibility index (Phi) is 6.42. The molecule has 0 amide bonds. The molecule has 3 aromatic rings. The minimum atomic E-state index is -3.89. The molecule has 1 atom stereocenters. The van der Waals surface area contributed by atoms with Gasteiger partial charge in [-0.3, -0.25) is 0 Å². The number of methoxy groups -OCH3 is 1. The number of nitrogens with one attached hydrogen (secondary N) is 1. The maximum Gasteiger partial charge on any atom is 0.240 e. The van der Waals surface area contributed by atoms with Crippen LogP contribution in [0.15, 0.2) is 75.8 Å². The molecule has 0 fully saturated rings. The Labute approximate surface area is 175 Å². The fraction of sp³-hybridized carbons (Fsp3) is 0.200. The van der Waals surface area contributed by atoms with Crippen molar-refractivity contribution in [3.63, 3.8) is 0 Å². The van der Waals surface area contributed by atoms with Crippen molar-refractivity contribution in [3.8, 4) is 5.75 Å². The molecule has 0 spiro atoms. The Balaban J connectivity index is 1.89. The molecule has 9 heteroatoms. The Hall–Kier alpha value is -2.20. The van der Waals surface area contributed by atoms with E-state index in [0.717, 1.165) is 5.56 Å². The molecule has 0 aliphatic carbocycles. The van der Waals surface area contributed by atoms with Crippen LogP contribution < -0.4 is 9.46 Å². The third kappa shape index (κ3) is 4.87. The van der Waals surface area contributed by atoms with Gasteiger partial charge in [0.15, 0.2) is 9.84 Å². The maximum atomic E-state index is 13.2. The summed E-state index contributed by atoms with van der Waals surface area (Å²) in [7, 11) is -6.19. The number of sulfonamides is 1. The first-order chi connectivity index (χ1) is 13.7. The quantitative estimate of drug-likeness (QED) is 0.566. The minimum Gasteiger partial charge on any atom is -0.497 e. The highest BCUT2D eigenvalue weighted by atomic mass is 32.2. The predicted molar refractivity (Wildman–Crippen MR) is 114 cm³/mol. The number of aryl methyl sites for hydroxylation is 1. The second kappa shape index (κ2) is 8.66. The molecule has 0 unspecified atom stereocenters. The van der Waals surface area contributed by atoms with Crippen molar-refractivity contribution in [1.82, 2.24) is 4.72 Å². The van der Waals surface area contributed by atoms with Gasteiger partial charge < -0.3 is 4.74 Å². The van der Waals surface area contributed by atoms with Crippen LogP contribution in [0.1, 0.15) is 15.7 Å². The molecule has 29 heavy (non-hydrogen) atoms. The summed E-state index contributed by atoms with van der Waals surface area (Å²) in [6, 6.07) is 15.9. The van der Waals surface area contributed by atoms with E-state index in [-0.39, 0.29) is 16.3 Å². The van der Waals surface area contributed by atoms with E-state index in [2.05, 4.69) is 4.72 Å². The van der Waals surface area contributed by atoms with Crippen LogP contribution in [0.3, 0.4) is 0 Å². The zero-order valence-corrected chi connectivity index (χ0v) is 18.4. The number of thiophene rings is 1. The maximum absolute atomic E-state index is 13.2. The van der Waals surface area contributed by atoms with Gasteiger partial charge in [-0.05, 0) is 54.8 Å². The first-order valence-corrected chi connectivity index (χ1v) is 12.6. The van der Waals surface area contributed by atoms with E-state index >= 15 is 0 Å². The van der Waals surface area contributed by atoms with Crippen molar-refractivity contribution in [3.05, 3.63) is 76.5 Å². The van der Waals surface area contributed by atoms with Gasteiger partial charge in [0.2, 0.25) is 10.0 Å². The van der Waals surface area contributed by atoms with E-state index in [9.17, 15) is 16.8 Å². The van der Waals surface area contributed by atoms with Crippen molar-refractivity contribution in [1.29, 1.82) is 0 Å². The lowest BCUT2D eigenvalue weighted by atomic mass is 10.2. The van der Waals surface area contributed by atoms with E-state index in [1.54, 1.807) is 41.8 Å². The normalized spacial score (nSPS) is 13.2. The van der Waals surface area contributed by atoms with E-state index in [4.69, 9.17) is 4.74 Å². The van der Waals surface area contributed by atoms with Gasteiger partial charge in [0, 0.05) is 11.4 Å². The van der Waals surface area contributed by atoms with Crippen molar-refractivity contribution < 1.29 is 21.6 Å². The predicted octanol–water partition coefficient (Wildman–Crippen LogP) is 3.56. The Morgan fingerprint density at radius 1 is 0.931 bits per heavy atom. The van der Waals surface area contributed by atoms with Gasteiger partial charge in [-0.2, -0.15) is 0 Å². The van der Waals surface area contributed by atoms with Crippen LogP contribution in [-0.4, -0.2) is 30.5 Å². The lowest BCUT2D eigenvalue weighted by Crippen LogP contribution is -2.31. The molecule has 0 aliphatic heterocycles. The van der Waals surface area contributed by atoms with Crippen molar-refractivity contribution in [2.45, 2.75) is 22.0 Å². The zero-order valence-electron chi connectivity index (χ0n) is 15.9. The number of rotatable bonds is 8. The van der Waals surface area contributed by atoms with Gasteiger partial charge >= 0.3 is 0 Å². The summed E-state index contributed by atoms with van der Waals surface area (Å²) in [6.07, 6.45) is 0. The molecule has 1 N–H and O–H groups in total. The van der Waals surface area contributed by atoms with Crippen LogP contribution in [-0.2, 0) is 19.9 Å². The smallest absolute Gasteiger partial charge is 0.240 e. The average molecular weight is 452 g/mol. The summed E-state index contributed by atoms with van der Waals surface area (Å²) >= 11 is 1.28. The lowest BCUT2D eigenvalue weighted by molar-refractivity contribution is 0.414. The van der Waals surface area contributed by atoms with Crippen LogP contribution in [0, 0.1) is 6.92 Å². The SMILES string of the molecule is COc1ccc(S(=O)(=O)NC[C@H](c2cccs2)S(=O)(=O)c2ccc(C)cc2)cc1. The number of ether oxygens (including phenoxy) is 1. The third-order valence-corrected chi connectivity index (χ3v) is 9.09. The van der Waals surface area contributed by atoms with E-state index in [1.165, 1.54) is 42.7 Å². The second-order valence-electron chi connectivity index (χ2n) is 6.39. The standard InChI is InChI=1S/C20H21NO5S3/c1-15-5-9-17(10-6-15)28(22,23)20(19-4-3-13-27-19)14-21-29(24,25)18-11-7-16(26-2)8-12-18/h3-13,20-21H,14H2,1-2H3/t20-/m1/s1. The first kappa shape index (κ1) is 21.5. The number of hydrogen-bond acceptors (Lipinski definition) is 6. The molecule has 0 saturated carbocycles. The zero-order chi connectivity index (χ0) is 21.1.